The van der Waals surface area contributed by atoms with Gasteiger partial charge in [0.2, 0.25) is 5.88 Å². The number of nitrogens with zero attached hydrogens (tertiary/aromatic N) is 3. The molecule has 2 amide bonds. The topological polar surface area (TPSA) is 89.0 Å². The van der Waals surface area contributed by atoms with Gasteiger partial charge >= 0.3 is 6.03 Å². The molecule has 2 N–H and O–H groups in total. The number of rotatable bonds is 5. The lowest BCUT2D eigenvalue weighted by molar-refractivity contribution is 0.262. The van der Waals surface area contributed by atoms with Crippen molar-refractivity contribution in [1.82, 2.24) is 15.0 Å². The van der Waals surface area contributed by atoms with Gasteiger partial charge in [-0.05, 0) is 49.2 Å². The summed E-state index contributed by atoms with van der Waals surface area (Å²) in [5.41, 5.74) is 3.79. The maximum absolute atomic E-state index is 14.1. The van der Waals surface area contributed by atoms with Gasteiger partial charge in [0.25, 0.3) is 0 Å². The predicted octanol–water partition coefficient (Wildman–Crippen LogP) is 5.07. The second-order valence-corrected chi connectivity index (χ2v) is 7.67. The highest BCUT2D eigenvalue weighted by atomic mass is 32.1. The summed E-state index contributed by atoms with van der Waals surface area (Å²) in [6.07, 6.45) is 4.44. The Morgan fingerprint density at radius 2 is 2.03 bits per heavy atom. The summed E-state index contributed by atoms with van der Waals surface area (Å²) >= 11 is 1.41. The number of amides is 2. The zero-order valence-corrected chi connectivity index (χ0v) is 17.1. The highest BCUT2D eigenvalue weighted by Gasteiger charge is 2.12. The van der Waals surface area contributed by atoms with Crippen molar-refractivity contribution in [1.29, 1.82) is 0 Å². The summed E-state index contributed by atoms with van der Waals surface area (Å²) in [7, 11) is 0. The number of halogens is 1. The van der Waals surface area contributed by atoms with Crippen LogP contribution in [0.15, 0.2) is 48.9 Å². The van der Waals surface area contributed by atoms with Gasteiger partial charge in [-0.2, -0.15) is 0 Å². The smallest absolute Gasteiger partial charge is 0.325 e. The van der Waals surface area contributed by atoms with Crippen LogP contribution in [0.4, 0.5) is 20.0 Å². The first kappa shape index (κ1) is 19.7. The molecule has 0 unspecified atom stereocenters. The van der Waals surface area contributed by atoms with Crippen LogP contribution in [-0.4, -0.2) is 21.0 Å². The van der Waals surface area contributed by atoms with Crippen LogP contribution in [0.3, 0.4) is 0 Å². The molecular weight excluding hydrogens is 405 g/mol. The minimum Gasteiger partial charge on any atom is -0.472 e. The van der Waals surface area contributed by atoms with Gasteiger partial charge in [0.05, 0.1) is 16.4 Å². The van der Waals surface area contributed by atoms with Crippen molar-refractivity contribution in [3.05, 3.63) is 71.4 Å². The SMILES string of the molecule is Cc1cc(C)c2sc(NC(=O)Nc3ccc(F)c(COc4cnccn4)c3)nc2c1. The molecule has 2 heterocycles. The van der Waals surface area contributed by atoms with E-state index in [0.717, 1.165) is 21.3 Å². The summed E-state index contributed by atoms with van der Waals surface area (Å²) in [4.78, 5) is 24.7. The Labute approximate surface area is 176 Å². The highest BCUT2D eigenvalue weighted by molar-refractivity contribution is 7.22. The molecule has 4 rings (SSSR count). The van der Waals surface area contributed by atoms with Gasteiger partial charge in [-0.3, -0.25) is 10.3 Å². The van der Waals surface area contributed by atoms with Crippen molar-refractivity contribution in [2.75, 3.05) is 10.6 Å². The first-order valence-corrected chi connectivity index (χ1v) is 9.92. The number of hydrogen-bond acceptors (Lipinski definition) is 6. The molecule has 7 nitrogen and oxygen atoms in total. The van der Waals surface area contributed by atoms with Crippen molar-refractivity contribution in [2.45, 2.75) is 20.5 Å². The van der Waals surface area contributed by atoms with Gasteiger partial charge in [0, 0.05) is 23.6 Å². The van der Waals surface area contributed by atoms with Crippen LogP contribution in [0.1, 0.15) is 16.7 Å². The first-order valence-electron chi connectivity index (χ1n) is 9.11. The number of aromatic nitrogens is 3. The lowest BCUT2D eigenvalue weighted by atomic mass is 10.1. The number of hydrogen-bond donors (Lipinski definition) is 2. The third kappa shape index (κ3) is 4.52. The largest absolute Gasteiger partial charge is 0.472 e. The van der Waals surface area contributed by atoms with E-state index >= 15 is 0 Å². The van der Waals surface area contributed by atoms with Crippen molar-refractivity contribution in [3.63, 3.8) is 0 Å². The normalized spacial score (nSPS) is 10.8. The quantitative estimate of drug-likeness (QED) is 0.468. The minimum atomic E-state index is -0.462. The predicted molar refractivity (Wildman–Crippen MR) is 114 cm³/mol. The van der Waals surface area contributed by atoms with Gasteiger partial charge in [0.15, 0.2) is 5.13 Å². The molecular formula is C21H18FN5O2S. The third-order valence-corrected chi connectivity index (χ3v) is 5.38. The molecule has 0 saturated heterocycles. The van der Waals surface area contributed by atoms with Crippen LogP contribution in [0.2, 0.25) is 0 Å². The van der Waals surface area contributed by atoms with Crippen LogP contribution in [-0.2, 0) is 6.61 Å². The van der Waals surface area contributed by atoms with Gasteiger partial charge in [0.1, 0.15) is 12.4 Å². The fraction of sp³-hybridized carbons (Fsp3) is 0.143. The Bertz CT molecular complexity index is 1210. The van der Waals surface area contributed by atoms with Gasteiger partial charge in [-0.15, -0.1) is 0 Å². The van der Waals surface area contributed by atoms with Gasteiger partial charge in [-0.25, -0.2) is 19.2 Å². The number of aryl methyl sites for hydroxylation is 2. The fourth-order valence-electron chi connectivity index (χ4n) is 2.96. The highest BCUT2D eigenvalue weighted by Crippen LogP contribution is 2.30. The maximum Gasteiger partial charge on any atom is 0.325 e. The van der Waals surface area contributed by atoms with Crippen LogP contribution >= 0.6 is 11.3 Å². The molecule has 0 aliphatic rings. The Morgan fingerprint density at radius 3 is 2.83 bits per heavy atom. The molecule has 152 valence electrons. The molecule has 0 spiro atoms. The number of carbonyl (C=O) groups excluding carboxylic acids is 1. The Morgan fingerprint density at radius 1 is 1.17 bits per heavy atom. The fourth-order valence-corrected chi connectivity index (χ4v) is 3.87. The number of nitrogens with one attached hydrogen (secondary N) is 2. The van der Waals surface area contributed by atoms with E-state index in [1.54, 1.807) is 0 Å². The van der Waals surface area contributed by atoms with Crippen molar-refractivity contribution in [2.24, 2.45) is 0 Å². The molecule has 0 atom stereocenters. The Hall–Kier alpha value is -3.59. The number of ether oxygens (including phenoxy) is 1. The van der Waals surface area contributed by atoms with Crippen molar-refractivity contribution in [3.8, 4) is 5.88 Å². The van der Waals surface area contributed by atoms with E-state index in [0.29, 0.717) is 10.8 Å². The Kier molecular flexibility index (Phi) is 5.53. The second kappa shape index (κ2) is 8.42. The molecule has 9 heteroatoms. The number of fused-ring (bicyclic) bond motifs is 1. The Balaban J connectivity index is 1.43. The molecule has 4 aromatic rings. The van der Waals surface area contributed by atoms with Crippen LogP contribution < -0.4 is 15.4 Å². The lowest BCUT2D eigenvalue weighted by Gasteiger charge is -2.09. The van der Waals surface area contributed by atoms with Crippen molar-refractivity contribution < 1.29 is 13.9 Å². The van der Waals surface area contributed by atoms with Crippen LogP contribution in [0.5, 0.6) is 5.88 Å². The van der Waals surface area contributed by atoms with Gasteiger partial charge < -0.3 is 10.1 Å². The van der Waals surface area contributed by atoms with E-state index in [2.05, 4.69) is 31.7 Å². The summed E-state index contributed by atoms with van der Waals surface area (Å²) in [6, 6.07) is 7.85. The molecule has 0 fully saturated rings. The van der Waals surface area contributed by atoms with E-state index in [1.807, 2.05) is 19.9 Å². The van der Waals surface area contributed by atoms with Crippen LogP contribution in [0, 0.1) is 19.7 Å². The minimum absolute atomic E-state index is 0.0435. The summed E-state index contributed by atoms with van der Waals surface area (Å²) in [6.45, 7) is 3.98. The number of anilines is 2. The average Bonchev–Trinajstić information content (AvgIpc) is 3.11. The van der Waals surface area contributed by atoms with E-state index in [4.69, 9.17) is 4.74 Å². The zero-order valence-electron chi connectivity index (χ0n) is 16.3. The number of urea groups is 1. The molecule has 0 aliphatic carbocycles. The molecule has 0 radical (unpaired) electrons. The molecule has 2 aromatic carbocycles. The van der Waals surface area contributed by atoms with E-state index in [1.165, 1.54) is 48.1 Å². The number of thiazole rings is 1. The van der Waals surface area contributed by atoms with Crippen LogP contribution in [0.25, 0.3) is 10.2 Å². The van der Waals surface area contributed by atoms with E-state index in [9.17, 15) is 9.18 Å². The average molecular weight is 423 g/mol. The molecule has 0 saturated carbocycles. The van der Waals surface area contributed by atoms with Crippen molar-refractivity contribution >= 4 is 38.4 Å². The molecule has 0 bridgehead atoms. The third-order valence-electron chi connectivity index (χ3n) is 4.26. The first-order chi connectivity index (χ1) is 14.5. The number of carbonyl (C=O) groups is 1. The number of benzene rings is 2. The van der Waals surface area contributed by atoms with E-state index < -0.39 is 11.8 Å². The monoisotopic (exact) mass is 423 g/mol. The van der Waals surface area contributed by atoms with Gasteiger partial charge in [-0.1, -0.05) is 17.4 Å². The summed E-state index contributed by atoms with van der Waals surface area (Å²) in [5, 5.41) is 5.92. The summed E-state index contributed by atoms with van der Waals surface area (Å²) < 4.78 is 20.6. The lowest BCUT2D eigenvalue weighted by Crippen LogP contribution is -2.19. The molecule has 0 aliphatic heterocycles. The molecule has 30 heavy (non-hydrogen) atoms. The summed E-state index contributed by atoms with van der Waals surface area (Å²) in [5.74, 6) is -0.156. The maximum atomic E-state index is 14.1. The zero-order chi connectivity index (χ0) is 21.1. The second-order valence-electron chi connectivity index (χ2n) is 6.67. The molecule has 2 aromatic heterocycles. The van der Waals surface area contributed by atoms with E-state index in [-0.39, 0.29) is 18.1 Å². The standard InChI is InChI=1S/C21H18FN5O2S/c1-12-7-13(2)19-17(8-12)26-21(30-19)27-20(28)25-15-3-4-16(22)14(9-15)11-29-18-10-23-5-6-24-18/h3-10H,11H2,1-2H3,(H2,25,26,27,28).